The van der Waals surface area contributed by atoms with E-state index in [1.165, 1.54) is 7.11 Å². The molecular formula is C11H23NO3. The molecule has 0 saturated carbocycles. The number of hydrogen-bond donors (Lipinski definition) is 2. The summed E-state index contributed by atoms with van der Waals surface area (Å²) in [5, 5.41) is 12.3. The third-order valence-corrected chi connectivity index (χ3v) is 2.74. The van der Waals surface area contributed by atoms with E-state index in [2.05, 4.69) is 23.9 Å². The van der Waals surface area contributed by atoms with Crippen LogP contribution < -0.4 is 5.32 Å². The third-order valence-electron chi connectivity index (χ3n) is 2.74. The predicted octanol–water partition coefficient (Wildman–Crippen LogP) is 1.08. The van der Waals surface area contributed by atoms with Crippen molar-refractivity contribution in [2.45, 2.75) is 51.6 Å². The summed E-state index contributed by atoms with van der Waals surface area (Å²) >= 11 is 0. The molecule has 90 valence electrons. The summed E-state index contributed by atoms with van der Waals surface area (Å²) in [5.41, 5.74) is -0.109. The van der Waals surface area contributed by atoms with Crippen LogP contribution in [0.3, 0.4) is 0 Å². The molecule has 4 heteroatoms. The van der Waals surface area contributed by atoms with Crippen molar-refractivity contribution in [3.05, 3.63) is 0 Å². The number of hydrogen-bond acceptors (Lipinski definition) is 4. The van der Waals surface area contributed by atoms with Crippen molar-refractivity contribution in [1.29, 1.82) is 0 Å². The first-order chi connectivity index (χ1) is 6.97. The fourth-order valence-electron chi connectivity index (χ4n) is 1.58. The van der Waals surface area contributed by atoms with E-state index < -0.39 is 0 Å². The smallest absolute Gasteiger partial charge is 0.307 e. The highest BCUT2D eigenvalue weighted by Crippen LogP contribution is 2.15. The van der Waals surface area contributed by atoms with Crippen LogP contribution in [0.5, 0.6) is 0 Å². The zero-order valence-corrected chi connectivity index (χ0v) is 10.2. The van der Waals surface area contributed by atoms with Gasteiger partial charge < -0.3 is 15.2 Å². The Balaban J connectivity index is 4.11. The van der Waals surface area contributed by atoms with Gasteiger partial charge in [-0.05, 0) is 26.7 Å². The molecule has 0 aromatic carbocycles. The molecule has 0 aliphatic rings. The highest BCUT2D eigenvalue weighted by Gasteiger charge is 2.24. The second kappa shape index (κ2) is 6.80. The molecule has 2 N–H and O–H groups in total. The summed E-state index contributed by atoms with van der Waals surface area (Å²) in [6.07, 6.45) is 1.96. The molecule has 2 atom stereocenters. The van der Waals surface area contributed by atoms with Crippen LogP contribution in [0.2, 0.25) is 0 Å². The van der Waals surface area contributed by atoms with Crippen molar-refractivity contribution < 1.29 is 14.6 Å². The molecule has 0 radical (unpaired) electrons. The maximum atomic E-state index is 11.0. The minimum absolute atomic E-state index is 0.0638. The third kappa shape index (κ3) is 5.74. The fraction of sp³-hybridized carbons (Fsp3) is 0.909. The number of carbonyl (C=O) groups excluding carboxylic acids is 1. The number of carbonyl (C=O) groups is 1. The Kier molecular flexibility index (Phi) is 6.52. The molecule has 2 unspecified atom stereocenters. The maximum absolute atomic E-state index is 11.0. The first-order valence-electron chi connectivity index (χ1n) is 5.42. The van der Waals surface area contributed by atoms with Gasteiger partial charge in [0.25, 0.3) is 0 Å². The van der Waals surface area contributed by atoms with Crippen LogP contribution in [0, 0.1) is 0 Å². The highest BCUT2D eigenvalue weighted by molar-refractivity contribution is 5.69. The number of rotatable bonds is 7. The Labute approximate surface area is 92.0 Å². The van der Waals surface area contributed by atoms with Gasteiger partial charge in [-0.15, -0.1) is 0 Å². The second-order valence-corrected chi connectivity index (χ2v) is 4.21. The van der Waals surface area contributed by atoms with E-state index in [4.69, 9.17) is 5.11 Å². The standard InChI is InChI=1S/C11H23NO3/c1-5-11(3,6-7-13)12-9(2)8-10(14)15-4/h9,12-13H,5-8H2,1-4H3. The average Bonchev–Trinajstić information content (AvgIpc) is 2.17. The van der Waals surface area contributed by atoms with Gasteiger partial charge in [-0.1, -0.05) is 6.92 Å². The lowest BCUT2D eigenvalue weighted by Gasteiger charge is -2.32. The minimum atomic E-state index is -0.211. The van der Waals surface area contributed by atoms with Crippen molar-refractivity contribution in [2.75, 3.05) is 13.7 Å². The lowest BCUT2D eigenvalue weighted by molar-refractivity contribution is -0.141. The Bertz CT molecular complexity index is 196. The molecule has 0 fully saturated rings. The van der Waals surface area contributed by atoms with E-state index in [1.807, 2.05) is 6.92 Å². The van der Waals surface area contributed by atoms with Crippen molar-refractivity contribution in [3.63, 3.8) is 0 Å². The first-order valence-corrected chi connectivity index (χ1v) is 5.42. The molecule has 0 heterocycles. The Morgan fingerprint density at radius 1 is 1.60 bits per heavy atom. The van der Waals surface area contributed by atoms with Crippen molar-refractivity contribution in [2.24, 2.45) is 0 Å². The van der Waals surface area contributed by atoms with Crippen molar-refractivity contribution >= 4 is 5.97 Å². The Hall–Kier alpha value is -0.610. The summed E-state index contributed by atoms with van der Waals surface area (Å²) in [4.78, 5) is 11.0. The Morgan fingerprint density at radius 2 is 2.20 bits per heavy atom. The fourth-order valence-corrected chi connectivity index (χ4v) is 1.58. The lowest BCUT2D eigenvalue weighted by atomic mass is 9.93. The number of ether oxygens (including phenoxy) is 1. The number of aliphatic hydroxyl groups is 1. The van der Waals surface area contributed by atoms with Crippen LogP contribution in [-0.2, 0) is 9.53 Å². The minimum Gasteiger partial charge on any atom is -0.469 e. The summed E-state index contributed by atoms with van der Waals surface area (Å²) in [6.45, 7) is 6.22. The van der Waals surface area contributed by atoms with Crippen molar-refractivity contribution in [1.82, 2.24) is 5.32 Å². The first kappa shape index (κ1) is 14.4. The number of methoxy groups -OCH3 is 1. The SMILES string of the molecule is CCC(C)(CCO)NC(C)CC(=O)OC. The second-order valence-electron chi connectivity index (χ2n) is 4.21. The van der Waals surface area contributed by atoms with Gasteiger partial charge in [0.1, 0.15) is 0 Å². The Morgan fingerprint density at radius 3 is 2.60 bits per heavy atom. The summed E-state index contributed by atoms with van der Waals surface area (Å²) in [7, 11) is 1.39. The van der Waals surface area contributed by atoms with Crippen LogP contribution in [0.25, 0.3) is 0 Å². The maximum Gasteiger partial charge on any atom is 0.307 e. The molecule has 0 bridgehead atoms. The van der Waals surface area contributed by atoms with E-state index in [9.17, 15) is 4.79 Å². The van der Waals surface area contributed by atoms with Gasteiger partial charge in [0.05, 0.1) is 13.5 Å². The molecule has 0 spiro atoms. The van der Waals surface area contributed by atoms with Gasteiger partial charge in [0, 0.05) is 18.2 Å². The van der Waals surface area contributed by atoms with E-state index in [-0.39, 0.29) is 24.2 Å². The number of aliphatic hydroxyl groups excluding tert-OH is 1. The van der Waals surface area contributed by atoms with Gasteiger partial charge in [0.2, 0.25) is 0 Å². The molecular weight excluding hydrogens is 194 g/mol. The van der Waals surface area contributed by atoms with Crippen LogP contribution in [0.1, 0.15) is 40.0 Å². The molecule has 0 saturated heterocycles. The molecule has 0 rings (SSSR count). The van der Waals surface area contributed by atoms with E-state index in [0.29, 0.717) is 12.8 Å². The molecule has 0 aromatic heterocycles. The monoisotopic (exact) mass is 217 g/mol. The number of esters is 1. The van der Waals surface area contributed by atoms with Crippen LogP contribution in [-0.4, -0.2) is 36.4 Å². The van der Waals surface area contributed by atoms with E-state index in [0.717, 1.165) is 6.42 Å². The lowest BCUT2D eigenvalue weighted by Crippen LogP contribution is -2.48. The van der Waals surface area contributed by atoms with Gasteiger partial charge in [0.15, 0.2) is 0 Å². The predicted molar refractivity (Wildman–Crippen MR) is 59.6 cm³/mol. The quantitative estimate of drug-likeness (QED) is 0.626. The van der Waals surface area contributed by atoms with Gasteiger partial charge in [-0.25, -0.2) is 0 Å². The zero-order chi connectivity index (χ0) is 11.9. The largest absolute Gasteiger partial charge is 0.469 e. The zero-order valence-electron chi connectivity index (χ0n) is 10.2. The summed E-state index contributed by atoms with van der Waals surface area (Å²) in [5.74, 6) is -0.211. The van der Waals surface area contributed by atoms with Crippen molar-refractivity contribution in [3.8, 4) is 0 Å². The van der Waals surface area contributed by atoms with E-state index >= 15 is 0 Å². The van der Waals surface area contributed by atoms with Gasteiger partial charge in [-0.2, -0.15) is 0 Å². The molecule has 0 aromatic rings. The topological polar surface area (TPSA) is 58.6 Å². The van der Waals surface area contributed by atoms with Gasteiger partial charge >= 0.3 is 5.97 Å². The van der Waals surface area contributed by atoms with Crippen LogP contribution in [0.15, 0.2) is 0 Å². The normalized spacial score (nSPS) is 16.9. The average molecular weight is 217 g/mol. The summed E-state index contributed by atoms with van der Waals surface area (Å²) < 4.78 is 4.60. The summed E-state index contributed by atoms with van der Waals surface area (Å²) in [6, 6.07) is 0.0638. The van der Waals surface area contributed by atoms with Crippen LogP contribution >= 0.6 is 0 Å². The molecule has 0 aliphatic heterocycles. The van der Waals surface area contributed by atoms with Crippen LogP contribution in [0.4, 0.5) is 0 Å². The molecule has 15 heavy (non-hydrogen) atoms. The number of nitrogens with one attached hydrogen (secondary N) is 1. The molecule has 4 nitrogen and oxygen atoms in total. The highest BCUT2D eigenvalue weighted by atomic mass is 16.5. The molecule has 0 aliphatic carbocycles. The molecule has 0 amide bonds. The van der Waals surface area contributed by atoms with Gasteiger partial charge in [-0.3, -0.25) is 4.79 Å². The van der Waals surface area contributed by atoms with E-state index in [1.54, 1.807) is 0 Å².